The summed E-state index contributed by atoms with van der Waals surface area (Å²) in [7, 11) is -2.03. The number of ether oxygens (including phenoxy) is 1. The zero-order valence-electron chi connectivity index (χ0n) is 14.0. The van der Waals surface area contributed by atoms with Gasteiger partial charge in [-0.05, 0) is 19.8 Å². The van der Waals surface area contributed by atoms with Gasteiger partial charge in [0, 0.05) is 18.8 Å². The Labute approximate surface area is 134 Å². The molecule has 0 aromatic carbocycles. The Kier molecular flexibility index (Phi) is 12.5. The molecule has 1 atom stereocenters. The van der Waals surface area contributed by atoms with Crippen molar-refractivity contribution in [2.24, 2.45) is 0 Å². The third kappa shape index (κ3) is 13.1. The van der Waals surface area contributed by atoms with Crippen LogP contribution in [0.25, 0.3) is 0 Å². The van der Waals surface area contributed by atoms with Crippen LogP contribution in [0.1, 0.15) is 64.7 Å². The van der Waals surface area contributed by atoms with Crippen LogP contribution in [0, 0.1) is 0 Å². The van der Waals surface area contributed by atoms with E-state index < -0.39 is 7.60 Å². The van der Waals surface area contributed by atoms with E-state index in [2.05, 4.69) is 11.1 Å². The SMILES string of the molecule is C=C(C)C(=O)OCCCCCCCCCCCP(=O)(O)OC. The van der Waals surface area contributed by atoms with Gasteiger partial charge in [-0.3, -0.25) is 4.57 Å². The van der Waals surface area contributed by atoms with Crippen molar-refractivity contribution in [1.29, 1.82) is 0 Å². The van der Waals surface area contributed by atoms with Crippen molar-refractivity contribution in [2.75, 3.05) is 19.9 Å². The van der Waals surface area contributed by atoms with Gasteiger partial charge in [0.25, 0.3) is 0 Å². The van der Waals surface area contributed by atoms with Crippen LogP contribution >= 0.6 is 7.60 Å². The van der Waals surface area contributed by atoms with Crippen LogP contribution in [-0.2, 0) is 18.6 Å². The molecule has 130 valence electrons. The van der Waals surface area contributed by atoms with Crippen molar-refractivity contribution in [3.63, 3.8) is 0 Å². The summed E-state index contributed by atoms with van der Waals surface area (Å²) >= 11 is 0. The van der Waals surface area contributed by atoms with Crippen LogP contribution in [0.2, 0.25) is 0 Å². The van der Waals surface area contributed by atoms with Crippen LogP contribution in [0.4, 0.5) is 0 Å². The lowest BCUT2D eigenvalue weighted by Crippen LogP contribution is -2.05. The molecule has 1 N–H and O–H groups in total. The molecule has 0 fully saturated rings. The van der Waals surface area contributed by atoms with Crippen LogP contribution in [-0.4, -0.2) is 30.7 Å². The second kappa shape index (κ2) is 12.9. The van der Waals surface area contributed by atoms with E-state index in [-0.39, 0.29) is 12.1 Å². The summed E-state index contributed by atoms with van der Waals surface area (Å²) in [6, 6.07) is 0. The van der Waals surface area contributed by atoms with Gasteiger partial charge in [0.05, 0.1) is 6.61 Å². The summed E-state index contributed by atoms with van der Waals surface area (Å²) in [5.74, 6) is -0.305. The quantitative estimate of drug-likeness (QED) is 0.220. The molecule has 0 bridgehead atoms. The van der Waals surface area contributed by atoms with Crippen molar-refractivity contribution < 1.29 is 23.5 Å². The Hall–Kier alpha value is -0.640. The predicted octanol–water partition coefficient (Wildman–Crippen LogP) is 4.45. The highest BCUT2D eigenvalue weighted by Gasteiger charge is 2.15. The Bertz CT molecular complexity index is 368. The van der Waals surface area contributed by atoms with Crippen LogP contribution < -0.4 is 0 Å². The van der Waals surface area contributed by atoms with Gasteiger partial charge in [-0.2, -0.15) is 0 Å². The summed E-state index contributed by atoms with van der Waals surface area (Å²) in [6.45, 7) is 5.66. The maximum atomic E-state index is 11.2. The molecule has 0 heterocycles. The van der Waals surface area contributed by atoms with Gasteiger partial charge in [0.1, 0.15) is 0 Å². The number of carbonyl (C=O) groups is 1. The predicted molar refractivity (Wildman–Crippen MR) is 89.0 cm³/mol. The third-order valence-corrected chi connectivity index (χ3v) is 4.90. The molecule has 0 aromatic heterocycles. The molecule has 0 aromatic rings. The molecule has 5 nitrogen and oxygen atoms in total. The fraction of sp³-hybridized carbons (Fsp3) is 0.812. The van der Waals surface area contributed by atoms with E-state index in [1.807, 2.05) is 0 Å². The van der Waals surface area contributed by atoms with Crippen molar-refractivity contribution in [1.82, 2.24) is 0 Å². The minimum atomic E-state index is -3.31. The lowest BCUT2D eigenvalue weighted by Gasteiger charge is -2.08. The Morgan fingerprint density at radius 1 is 1.00 bits per heavy atom. The molecule has 6 heteroatoms. The Morgan fingerprint density at radius 3 is 1.91 bits per heavy atom. The summed E-state index contributed by atoms with van der Waals surface area (Å²) < 4.78 is 20.8. The minimum absolute atomic E-state index is 0.256. The summed E-state index contributed by atoms with van der Waals surface area (Å²) in [5, 5.41) is 0. The standard InChI is InChI=1S/C16H31O5P/c1-15(2)16(17)21-13-11-9-7-5-4-6-8-10-12-14-22(18,19)20-3/h1,4-14H2,2-3H3,(H,18,19). The second-order valence-corrected chi connectivity index (χ2v) is 7.73. The first-order valence-corrected chi connectivity index (χ1v) is 9.85. The average Bonchev–Trinajstić information content (AvgIpc) is 2.47. The smallest absolute Gasteiger partial charge is 0.333 e. The molecule has 0 amide bonds. The molecule has 0 radical (unpaired) electrons. The van der Waals surface area contributed by atoms with Crippen molar-refractivity contribution in [2.45, 2.75) is 64.7 Å². The van der Waals surface area contributed by atoms with Crippen molar-refractivity contribution in [3.8, 4) is 0 Å². The molecule has 0 aliphatic carbocycles. The second-order valence-electron chi connectivity index (χ2n) is 5.64. The number of unbranched alkanes of at least 4 members (excludes halogenated alkanes) is 8. The highest BCUT2D eigenvalue weighted by molar-refractivity contribution is 7.52. The number of hydrogen-bond acceptors (Lipinski definition) is 4. The van der Waals surface area contributed by atoms with Crippen LogP contribution in [0.5, 0.6) is 0 Å². The lowest BCUT2D eigenvalue weighted by atomic mass is 10.1. The highest BCUT2D eigenvalue weighted by atomic mass is 31.2. The molecule has 0 spiro atoms. The molecule has 0 aliphatic rings. The van der Waals surface area contributed by atoms with E-state index in [9.17, 15) is 14.3 Å². The number of hydrogen-bond donors (Lipinski definition) is 1. The summed E-state index contributed by atoms with van der Waals surface area (Å²) in [4.78, 5) is 20.4. The molecule has 22 heavy (non-hydrogen) atoms. The van der Waals surface area contributed by atoms with E-state index in [0.29, 0.717) is 12.2 Å². The Balaban J connectivity index is 3.23. The van der Waals surface area contributed by atoms with Gasteiger partial charge < -0.3 is 14.2 Å². The maximum absolute atomic E-state index is 11.2. The Morgan fingerprint density at radius 2 is 1.45 bits per heavy atom. The number of rotatable bonds is 14. The highest BCUT2D eigenvalue weighted by Crippen LogP contribution is 2.41. The first kappa shape index (κ1) is 21.4. The molecule has 1 unspecified atom stereocenters. The molecule has 0 aliphatic heterocycles. The summed E-state index contributed by atoms with van der Waals surface area (Å²) in [6.07, 6.45) is 9.74. The average molecular weight is 334 g/mol. The fourth-order valence-electron chi connectivity index (χ4n) is 2.03. The van der Waals surface area contributed by atoms with Crippen LogP contribution in [0.15, 0.2) is 12.2 Å². The van der Waals surface area contributed by atoms with Gasteiger partial charge in [-0.1, -0.05) is 51.5 Å². The summed E-state index contributed by atoms with van der Waals surface area (Å²) in [5.41, 5.74) is 0.447. The molecule has 0 saturated heterocycles. The first-order valence-electron chi connectivity index (χ1n) is 8.09. The van der Waals surface area contributed by atoms with Gasteiger partial charge in [-0.25, -0.2) is 4.79 Å². The number of esters is 1. The van der Waals surface area contributed by atoms with E-state index in [1.54, 1.807) is 6.92 Å². The zero-order valence-corrected chi connectivity index (χ0v) is 14.9. The lowest BCUT2D eigenvalue weighted by molar-refractivity contribution is -0.139. The van der Waals surface area contributed by atoms with Crippen LogP contribution in [0.3, 0.4) is 0 Å². The fourth-order valence-corrected chi connectivity index (χ4v) is 2.84. The molecular weight excluding hydrogens is 303 g/mol. The van der Waals surface area contributed by atoms with Crippen molar-refractivity contribution in [3.05, 3.63) is 12.2 Å². The molecule has 0 saturated carbocycles. The topological polar surface area (TPSA) is 72.8 Å². The van der Waals surface area contributed by atoms with Crippen molar-refractivity contribution >= 4 is 13.6 Å². The van der Waals surface area contributed by atoms with E-state index in [0.717, 1.165) is 44.9 Å². The largest absolute Gasteiger partial charge is 0.462 e. The zero-order chi connectivity index (χ0) is 16.8. The third-order valence-electron chi connectivity index (χ3n) is 3.45. The maximum Gasteiger partial charge on any atom is 0.333 e. The van der Waals surface area contributed by atoms with E-state index >= 15 is 0 Å². The molecular formula is C16H31O5P. The first-order chi connectivity index (χ1) is 10.4. The normalized spacial score (nSPS) is 13.6. The number of carbonyl (C=O) groups excluding carboxylic acids is 1. The molecule has 0 rings (SSSR count). The monoisotopic (exact) mass is 334 g/mol. The van der Waals surface area contributed by atoms with Gasteiger partial charge in [0.15, 0.2) is 0 Å². The van der Waals surface area contributed by atoms with E-state index in [4.69, 9.17) is 4.74 Å². The van der Waals surface area contributed by atoms with E-state index in [1.165, 1.54) is 20.0 Å². The minimum Gasteiger partial charge on any atom is -0.462 e. The van der Waals surface area contributed by atoms with Gasteiger partial charge in [0.2, 0.25) is 0 Å². The van der Waals surface area contributed by atoms with Gasteiger partial charge in [-0.15, -0.1) is 0 Å². The van der Waals surface area contributed by atoms with Gasteiger partial charge >= 0.3 is 13.6 Å².